The lowest BCUT2D eigenvalue weighted by atomic mass is 9.80. The fraction of sp³-hybridized carbons (Fsp3) is 0.846. The normalized spacial score (nSPS) is 16.3. The molecule has 0 bridgehead atoms. The quantitative estimate of drug-likeness (QED) is 0.686. The Morgan fingerprint density at radius 3 is 2.16 bits per heavy atom. The predicted molar refractivity (Wildman–Crippen MR) is 70.9 cm³/mol. The molecule has 0 aromatic carbocycles. The van der Waals surface area contributed by atoms with E-state index in [1.54, 1.807) is 27.7 Å². The summed E-state index contributed by atoms with van der Waals surface area (Å²) >= 11 is 0. The van der Waals surface area contributed by atoms with Gasteiger partial charge in [-0.25, -0.2) is 4.79 Å². The summed E-state index contributed by atoms with van der Waals surface area (Å²) in [5.41, 5.74) is -1.81. The van der Waals surface area contributed by atoms with E-state index in [0.29, 0.717) is 6.42 Å². The summed E-state index contributed by atoms with van der Waals surface area (Å²) < 4.78 is 5.06. The van der Waals surface area contributed by atoms with Gasteiger partial charge < -0.3 is 20.3 Å². The van der Waals surface area contributed by atoms with Crippen LogP contribution in [0, 0.1) is 5.41 Å². The van der Waals surface area contributed by atoms with Crippen LogP contribution in [-0.2, 0) is 9.53 Å². The molecule has 0 heterocycles. The summed E-state index contributed by atoms with van der Waals surface area (Å²) in [7, 11) is 0. The van der Waals surface area contributed by atoms with E-state index in [1.165, 1.54) is 6.92 Å². The van der Waals surface area contributed by atoms with Crippen molar-refractivity contribution in [1.82, 2.24) is 5.32 Å². The Hall–Kier alpha value is -1.30. The molecule has 0 aliphatic carbocycles. The molecular weight excluding hydrogens is 250 g/mol. The first-order chi connectivity index (χ1) is 8.52. The highest BCUT2D eigenvalue weighted by Crippen LogP contribution is 2.28. The Labute approximate surface area is 114 Å². The molecule has 0 aliphatic rings. The maximum atomic E-state index is 11.5. The number of alkyl carbamates (subject to hydrolysis) is 1. The molecule has 112 valence electrons. The van der Waals surface area contributed by atoms with E-state index in [-0.39, 0.29) is 13.0 Å². The van der Waals surface area contributed by atoms with Crippen molar-refractivity contribution in [3.8, 4) is 0 Å². The summed E-state index contributed by atoms with van der Waals surface area (Å²) in [6, 6.07) is 0. The van der Waals surface area contributed by atoms with E-state index in [2.05, 4.69) is 5.32 Å². The maximum absolute atomic E-state index is 11.5. The van der Waals surface area contributed by atoms with Crippen LogP contribution in [0.3, 0.4) is 0 Å². The van der Waals surface area contributed by atoms with Gasteiger partial charge in [-0.2, -0.15) is 0 Å². The molecule has 1 amide bonds. The number of hydrogen-bond acceptors (Lipinski definition) is 4. The zero-order valence-corrected chi connectivity index (χ0v) is 12.3. The number of hydrogen-bond donors (Lipinski definition) is 3. The van der Waals surface area contributed by atoms with E-state index in [0.717, 1.165) is 0 Å². The van der Waals surface area contributed by atoms with Gasteiger partial charge in [0.25, 0.3) is 0 Å². The number of carbonyl (C=O) groups is 2. The van der Waals surface area contributed by atoms with Crippen LogP contribution in [0.5, 0.6) is 0 Å². The maximum Gasteiger partial charge on any atom is 0.407 e. The third-order valence-corrected chi connectivity index (χ3v) is 2.79. The number of amides is 1. The number of nitrogens with one attached hydrogen (secondary N) is 1. The first-order valence-corrected chi connectivity index (χ1v) is 6.41. The zero-order chi connectivity index (χ0) is 15.3. The second-order valence-corrected chi connectivity index (χ2v) is 5.85. The van der Waals surface area contributed by atoms with Gasteiger partial charge in [-0.05, 0) is 40.5 Å². The van der Waals surface area contributed by atoms with Gasteiger partial charge in [0.1, 0.15) is 5.60 Å². The molecule has 6 nitrogen and oxygen atoms in total. The van der Waals surface area contributed by atoms with E-state index in [9.17, 15) is 19.8 Å². The summed E-state index contributed by atoms with van der Waals surface area (Å²) in [5, 5.41) is 21.2. The molecule has 0 rings (SSSR count). The van der Waals surface area contributed by atoms with E-state index < -0.39 is 29.2 Å². The van der Waals surface area contributed by atoms with Gasteiger partial charge in [-0.1, -0.05) is 6.92 Å². The molecule has 0 fully saturated rings. The Morgan fingerprint density at radius 1 is 1.32 bits per heavy atom. The number of carboxylic acid groups (broad SMARTS) is 1. The van der Waals surface area contributed by atoms with Crippen LogP contribution >= 0.6 is 0 Å². The van der Waals surface area contributed by atoms with Gasteiger partial charge in [-0.15, -0.1) is 0 Å². The number of aliphatic hydroxyl groups is 1. The molecule has 2 atom stereocenters. The average molecular weight is 275 g/mol. The average Bonchev–Trinajstić information content (AvgIpc) is 2.20. The van der Waals surface area contributed by atoms with Crippen LogP contribution in [0.4, 0.5) is 4.79 Å². The van der Waals surface area contributed by atoms with Crippen LogP contribution in [0.25, 0.3) is 0 Å². The summed E-state index contributed by atoms with van der Waals surface area (Å²) in [5.74, 6) is -1.04. The van der Waals surface area contributed by atoms with Crippen LogP contribution in [0.2, 0.25) is 0 Å². The van der Waals surface area contributed by atoms with Gasteiger partial charge in [0.05, 0.1) is 11.5 Å². The molecule has 2 unspecified atom stereocenters. The first-order valence-electron chi connectivity index (χ1n) is 6.41. The molecule has 0 aromatic heterocycles. The number of ether oxygens (including phenoxy) is 1. The SMILES string of the molecule is CCC(CNC(=O)OC(C)(C)C)(CC(C)O)C(=O)O. The molecule has 6 heteroatoms. The molecule has 0 radical (unpaired) electrons. The van der Waals surface area contributed by atoms with E-state index >= 15 is 0 Å². The second kappa shape index (κ2) is 6.75. The highest BCUT2D eigenvalue weighted by molar-refractivity contribution is 5.76. The fourth-order valence-electron chi connectivity index (χ4n) is 1.78. The van der Waals surface area contributed by atoms with Crippen molar-refractivity contribution in [1.29, 1.82) is 0 Å². The van der Waals surface area contributed by atoms with Crippen LogP contribution in [-0.4, -0.2) is 40.5 Å². The lowest BCUT2D eigenvalue weighted by Gasteiger charge is -2.30. The highest BCUT2D eigenvalue weighted by atomic mass is 16.6. The van der Waals surface area contributed by atoms with Gasteiger partial charge in [0, 0.05) is 6.54 Å². The Kier molecular flexibility index (Phi) is 6.29. The van der Waals surface area contributed by atoms with Crippen molar-refractivity contribution in [2.45, 2.75) is 59.2 Å². The monoisotopic (exact) mass is 275 g/mol. The first kappa shape index (κ1) is 17.7. The van der Waals surface area contributed by atoms with Crippen LogP contribution < -0.4 is 5.32 Å². The number of aliphatic carboxylic acids is 1. The zero-order valence-electron chi connectivity index (χ0n) is 12.3. The van der Waals surface area contributed by atoms with Gasteiger partial charge >= 0.3 is 12.1 Å². The standard InChI is InChI=1S/C13H25NO5/c1-6-13(10(16)17,7-9(2)15)8-14-11(18)19-12(3,4)5/h9,15H,6-8H2,1-5H3,(H,14,18)(H,16,17). The minimum Gasteiger partial charge on any atom is -0.481 e. The third-order valence-electron chi connectivity index (χ3n) is 2.79. The van der Waals surface area contributed by atoms with Crippen molar-refractivity contribution in [3.63, 3.8) is 0 Å². The number of carbonyl (C=O) groups excluding carboxylic acids is 1. The number of rotatable bonds is 6. The molecule has 3 N–H and O–H groups in total. The van der Waals surface area contributed by atoms with Crippen LogP contribution in [0.1, 0.15) is 47.5 Å². The van der Waals surface area contributed by atoms with Crippen molar-refractivity contribution in [3.05, 3.63) is 0 Å². The topological polar surface area (TPSA) is 95.9 Å². The van der Waals surface area contributed by atoms with Crippen molar-refractivity contribution in [2.24, 2.45) is 5.41 Å². The summed E-state index contributed by atoms with van der Waals surface area (Å²) in [4.78, 5) is 22.9. The smallest absolute Gasteiger partial charge is 0.407 e. The fourth-order valence-corrected chi connectivity index (χ4v) is 1.78. The van der Waals surface area contributed by atoms with E-state index in [1.807, 2.05) is 0 Å². The minimum atomic E-state index is -1.18. The Balaban J connectivity index is 4.67. The minimum absolute atomic E-state index is 0.0708. The van der Waals surface area contributed by atoms with Crippen LogP contribution in [0.15, 0.2) is 0 Å². The molecule has 0 aromatic rings. The molecule has 0 saturated heterocycles. The van der Waals surface area contributed by atoms with E-state index in [4.69, 9.17) is 4.74 Å². The summed E-state index contributed by atoms with van der Waals surface area (Å²) in [6.07, 6.45) is -1.02. The number of carboxylic acids is 1. The largest absolute Gasteiger partial charge is 0.481 e. The molecular formula is C13H25NO5. The lowest BCUT2D eigenvalue weighted by Crippen LogP contribution is -2.45. The molecule has 0 aliphatic heterocycles. The molecule has 0 saturated carbocycles. The highest BCUT2D eigenvalue weighted by Gasteiger charge is 2.38. The number of aliphatic hydroxyl groups excluding tert-OH is 1. The molecule has 19 heavy (non-hydrogen) atoms. The summed E-state index contributed by atoms with van der Waals surface area (Å²) in [6.45, 7) is 8.36. The van der Waals surface area contributed by atoms with Crippen molar-refractivity contribution >= 4 is 12.1 Å². The van der Waals surface area contributed by atoms with Gasteiger partial charge in [-0.3, -0.25) is 4.79 Å². The Bertz CT molecular complexity index is 321. The third kappa shape index (κ3) is 6.42. The van der Waals surface area contributed by atoms with Gasteiger partial charge in [0.2, 0.25) is 0 Å². The predicted octanol–water partition coefficient (Wildman–Crippen LogP) is 1.76. The second-order valence-electron chi connectivity index (χ2n) is 5.85. The van der Waals surface area contributed by atoms with Crippen molar-refractivity contribution in [2.75, 3.05) is 6.54 Å². The lowest BCUT2D eigenvalue weighted by molar-refractivity contribution is -0.150. The Morgan fingerprint density at radius 2 is 1.84 bits per heavy atom. The molecule has 0 spiro atoms. The van der Waals surface area contributed by atoms with Crippen molar-refractivity contribution < 1.29 is 24.5 Å². The van der Waals surface area contributed by atoms with Gasteiger partial charge in [0.15, 0.2) is 0 Å².